The highest BCUT2D eigenvalue weighted by Crippen LogP contribution is 2.51. The smallest absolute Gasteiger partial charge is 0.258 e. The number of rotatable bonds is 5. The minimum absolute atomic E-state index is 0.0350. The second kappa shape index (κ2) is 6.48. The van der Waals surface area contributed by atoms with E-state index in [4.69, 9.17) is 9.47 Å². The highest BCUT2D eigenvalue weighted by molar-refractivity contribution is 5.78. The third-order valence-corrected chi connectivity index (χ3v) is 5.71. The van der Waals surface area contributed by atoms with Crippen molar-refractivity contribution in [1.29, 1.82) is 0 Å². The van der Waals surface area contributed by atoms with Gasteiger partial charge in [-0.25, -0.2) is 0 Å². The van der Waals surface area contributed by atoms with Crippen LogP contribution < -0.4 is 10.1 Å². The van der Waals surface area contributed by atoms with Crippen LogP contribution in [0.5, 0.6) is 5.75 Å². The maximum Gasteiger partial charge on any atom is 0.258 e. The minimum Gasteiger partial charge on any atom is -0.482 e. The summed E-state index contributed by atoms with van der Waals surface area (Å²) in [6.07, 6.45) is 9.98. The average molecular weight is 316 g/mol. The lowest BCUT2D eigenvalue weighted by molar-refractivity contribution is -0.131. The molecule has 0 bridgehead atoms. The average Bonchev–Trinajstić information content (AvgIpc) is 3.23. The molecule has 124 valence electrons. The van der Waals surface area contributed by atoms with Crippen LogP contribution in [0.1, 0.15) is 32.1 Å². The molecule has 3 fully saturated rings. The van der Waals surface area contributed by atoms with E-state index in [1.807, 2.05) is 6.07 Å². The number of hydrogen-bond donors (Lipinski definition) is 1. The second-order valence-electron chi connectivity index (χ2n) is 6.98. The molecule has 0 aromatic carbocycles. The van der Waals surface area contributed by atoms with Gasteiger partial charge in [0.25, 0.3) is 5.91 Å². The molecule has 4 atom stereocenters. The number of nitrogens with zero attached hydrogens (tertiary/aromatic N) is 1. The number of amides is 1. The molecule has 1 aromatic heterocycles. The van der Waals surface area contributed by atoms with E-state index in [1.54, 1.807) is 18.5 Å². The lowest BCUT2D eigenvalue weighted by atomic mass is 9.61. The topological polar surface area (TPSA) is 60.5 Å². The van der Waals surface area contributed by atoms with Gasteiger partial charge in [0, 0.05) is 30.7 Å². The molecule has 3 aliphatic rings. The first-order valence-electron chi connectivity index (χ1n) is 8.77. The van der Waals surface area contributed by atoms with Gasteiger partial charge in [-0.15, -0.1) is 0 Å². The summed E-state index contributed by atoms with van der Waals surface area (Å²) in [5.74, 6) is 2.33. The van der Waals surface area contributed by atoms with Gasteiger partial charge in [-0.1, -0.05) is 25.7 Å². The van der Waals surface area contributed by atoms with Gasteiger partial charge < -0.3 is 14.8 Å². The number of aromatic nitrogens is 1. The van der Waals surface area contributed by atoms with Gasteiger partial charge in [0.1, 0.15) is 5.75 Å². The summed E-state index contributed by atoms with van der Waals surface area (Å²) < 4.78 is 11.4. The van der Waals surface area contributed by atoms with Gasteiger partial charge in [-0.2, -0.15) is 0 Å². The molecule has 5 heteroatoms. The molecule has 1 saturated heterocycles. The Morgan fingerprint density at radius 2 is 2.22 bits per heavy atom. The SMILES string of the molecule is O=C(COc1cccnc1)N[C@@H]1[C@@H]2CCO[C@@H]2[C@@H]1C1CCCC1. The van der Waals surface area contributed by atoms with Gasteiger partial charge >= 0.3 is 0 Å². The summed E-state index contributed by atoms with van der Waals surface area (Å²) in [5, 5.41) is 3.22. The van der Waals surface area contributed by atoms with Crippen molar-refractivity contribution in [2.45, 2.75) is 44.2 Å². The molecule has 2 heterocycles. The van der Waals surface area contributed by atoms with E-state index in [-0.39, 0.29) is 18.6 Å². The summed E-state index contributed by atoms with van der Waals surface area (Å²) >= 11 is 0. The Labute approximate surface area is 136 Å². The molecule has 2 saturated carbocycles. The number of hydrogen-bond acceptors (Lipinski definition) is 4. The molecule has 1 aromatic rings. The summed E-state index contributed by atoms with van der Waals surface area (Å²) in [7, 11) is 0. The standard InChI is InChI=1S/C18H24N2O3/c21-15(11-23-13-6-3-8-19-10-13)20-17-14-7-9-22-18(14)16(17)12-4-1-2-5-12/h3,6,8,10,12,14,16-18H,1-2,4-5,7,9,11H2,(H,20,21)/t14-,16+,17+,18-/m0/s1. The van der Waals surface area contributed by atoms with Crippen LogP contribution in [0.2, 0.25) is 0 Å². The van der Waals surface area contributed by atoms with Crippen LogP contribution >= 0.6 is 0 Å². The molecule has 4 rings (SSSR count). The highest BCUT2D eigenvalue weighted by atomic mass is 16.5. The molecule has 0 radical (unpaired) electrons. The molecule has 2 aliphatic carbocycles. The quantitative estimate of drug-likeness (QED) is 0.904. The van der Waals surface area contributed by atoms with E-state index >= 15 is 0 Å². The zero-order valence-electron chi connectivity index (χ0n) is 13.3. The maximum absolute atomic E-state index is 12.3. The van der Waals surface area contributed by atoms with Crippen molar-refractivity contribution in [3.63, 3.8) is 0 Å². The van der Waals surface area contributed by atoms with Crippen molar-refractivity contribution >= 4 is 5.91 Å². The zero-order chi connectivity index (χ0) is 15.6. The van der Waals surface area contributed by atoms with Gasteiger partial charge in [0.2, 0.25) is 0 Å². The molecule has 1 N–H and O–H groups in total. The Balaban J connectivity index is 1.34. The number of nitrogens with one attached hydrogen (secondary N) is 1. The van der Waals surface area contributed by atoms with Gasteiger partial charge in [-0.05, 0) is 24.5 Å². The molecular weight excluding hydrogens is 292 g/mol. The first-order chi connectivity index (χ1) is 11.3. The van der Waals surface area contributed by atoms with Crippen LogP contribution in [0.15, 0.2) is 24.5 Å². The number of carbonyl (C=O) groups excluding carboxylic acids is 1. The zero-order valence-corrected chi connectivity index (χ0v) is 13.3. The Morgan fingerprint density at radius 1 is 1.35 bits per heavy atom. The van der Waals surface area contributed by atoms with Crippen LogP contribution in [-0.4, -0.2) is 36.3 Å². The van der Waals surface area contributed by atoms with E-state index in [0.29, 0.717) is 23.7 Å². The predicted octanol–water partition coefficient (Wildman–Crippen LogP) is 2.17. The Bertz CT molecular complexity index is 540. The summed E-state index contributed by atoms with van der Waals surface area (Å²) in [6, 6.07) is 3.89. The third-order valence-electron chi connectivity index (χ3n) is 5.71. The minimum atomic E-state index is -0.0350. The van der Waals surface area contributed by atoms with Crippen LogP contribution in [0.25, 0.3) is 0 Å². The van der Waals surface area contributed by atoms with Crippen LogP contribution in [0.3, 0.4) is 0 Å². The number of fused-ring (bicyclic) bond motifs is 1. The molecular formula is C18H24N2O3. The highest BCUT2D eigenvalue weighted by Gasteiger charge is 2.56. The third kappa shape index (κ3) is 2.94. The lowest BCUT2D eigenvalue weighted by Gasteiger charge is -2.50. The van der Waals surface area contributed by atoms with E-state index in [1.165, 1.54) is 25.7 Å². The Morgan fingerprint density at radius 3 is 3.00 bits per heavy atom. The lowest BCUT2D eigenvalue weighted by Crippen LogP contribution is -2.63. The van der Waals surface area contributed by atoms with E-state index < -0.39 is 0 Å². The summed E-state index contributed by atoms with van der Waals surface area (Å²) in [6.45, 7) is 0.898. The fourth-order valence-electron chi connectivity index (χ4n) is 4.67. The van der Waals surface area contributed by atoms with Crippen LogP contribution in [-0.2, 0) is 9.53 Å². The van der Waals surface area contributed by atoms with Crippen LogP contribution in [0, 0.1) is 17.8 Å². The van der Waals surface area contributed by atoms with Crippen molar-refractivity contribution in [2.24, 2.45) is 17.8 Å². The largest absolute Gasteiger partial charge is 0.482 e. The van der Waals surface area contributed by atoms with Gasteiger partial charge in [0.15, 0.2) is 6.61 Å². The first-order valence-corrected chi connectivity index (χ1v) is 8.77. The normalized spacial score (nSPS) is 33.0. The van der Waals surface area contributed by atoms with Crippen molar-refractivity contribution in [1.82, 2.24) is 10.3 Å². The van der Waals surface area contributed by atoms with Gasteiger partial charge in [-0.3, -0.25) is 9.78 Å². The van der Waals surface area contributed by atoms with Crippen molar-refractivity contribution < 1.29 is 14.3 Å². The summed E-state index contributed by atoms with van der Waals surface area (Å²) in [4.78, 5) is 16.3. The molecule has 23 heavy (non-hydrogen) atoms. The Hall–Kier alpha value is -1.62. The van der Waals surface area contributed by atoms with Crippen molar-refractivity contribution in [3.05, 3.63) is 24.5 Å². The molecule has 1 aliphatic heterocycles. The fourth-order valence-corrected chi connectivity index (χ4v) is 4.67. The summed E-state index contributed by atoms with van der Waals surface area (Å²) in [5.41, 5.74) is 0. The Kier molecular flexibility index (Phi) is 4.21. The molecule has 1 amide bonds. The second-order valence-corrected chi connectivity index (χ2v) is 6.98. The van der Waals surface area contributed by atoms with E-state index in [9.17, 15) is 4.79 Å². The predicted molar refractivity (Wildman–Crippen MR) is 85.0 cm³/mol. The fraction of sp³-hybridized carbons (Fsp3) is 0.667. The van der Waals surface area contributed by atoms with Crippen molar-refractivity contribution in [2.75, 3.05) is 13.2 Å². The number of carbonyl (C=O) groups is 1. The number of ether oxygens (including phenoxy) is 2. The van der Waals surface area contributed by atoms with Crippen LogP contribution in [0.4, 0.5) is 0 Å². The van der Waals surface area contributed by atoms with E-state index in [2.05, 4.69) is 10.3 Å². The van der Waals surface area contributed by atoms with Crippen molar-refractivity contribution in [3.8, 4) is 5.75 Å². The van der Waals surface area contributed by atoms with Gasteiger partial charge in [0.05, 0.1) is 12.3 Å². The number of pyridine rings is 1. The first kappa shape index (κ1) is 14.9. The molecule has 0 unspecified atom stereocenters. The molecule has 5 nitrogen and oxygen atoms in total. The maximum atomic E-state index is 12.3. The molecule has 0 spiro atoms. The monoisotopic (exact) mass is 316 g/mol. The van der Waals surface area contributed by atoms with E-state index in [0.717, 1.165) is 18.9 Å².